The summed E-state index contributed by atoms with van der Waals surface area (Å²) in [5.74, 6) is 1.70. The number of fused-ring (bicyclic) bond motifs is 1. The number of hydrogen-bond acceptors (Lipinski definition) is 7. The third-order valence-electron chi connectivity index (χ3n) is 4.72. The second-order valence-electron chi connectivity index (χ2n) is 7.00. The number of benzene rings is 2. The largest absolute Gasteiger partial charge is 0.306 e. The van der Waals surface area contributed by atoms with Crippen molar-refractivity contribution in [1.29, 1.82) is 0 Å². The molecule has 0 aliphatic carbocycles. The number of thiazole rings is 1. The molecule has 0 bridgehead atoms. The van der Waals surface area contributed by atoms with Gasteiger partial charge in [0, 0.05) is 18.5 Å². The number of rotatable bonds is 8. The van der Waals surface area contributed by atoms with Gasteiger partial charge in [0.05, 0.1) is 22.6 Å². The molecule has 0 amide bonds. The number of thioether (sulfide) groups is 2. The van der Waals surface area contributed by atoms with Gasteiger partial charge in [0.15, 0.2) is 9.11 Å². The standard InChI is InChI=1S/C21H23N5S4/c1-24(12-15-8-10-16(28-3)11-9-15)14-26-21(27)25(2)19(23-26)13-29-20-22-17-6-4-5-7-18(17)30-20/h4-11H,12-14H2,1-3H3. The lowest BCUT2D eigenvalue weighted by atomic mass is 10.2. The summed E-state index contributed by atoms with van der Waals surface area (Å²) >= 11 is 10.8. The fraction of sp³-hybridized carbons (Fsp3) is 0.286. The predicted octanol–water partition coefficient (Wildman–Crippen LogP) is 5.66. The van der Waals surface area contributed by atoms with Gasteiger partial charge in [-0.05, 0) is 55.4 Å². The molecule has 2 aromatic carbocycles. The molecule has 0 saturated heterocycles. The van der Waals surface area contributed by atoms with E-state index in [9.17, 15) is 0 Å². The summed E-state index contributed by atoms with van der Waals surface area (Å²) in [5.41, 5.74) is 2.33. The van der Waals surface area contributed by atoms with Crippen LogP contribution >= 0.6 is 47.1 Å². The molecule has 0 aliphatic heterocycles. The van der Waals surface area contributed by atoms with Gasteiger partial charge in [-0.3, -0.25) is 4.90 Å². The van der Waals surface area contributed by atoms with Crippen LogP contribution in [0.25, 0.3) is 10.2 Å². The Morgan fingerprint density at radius 1 is 1.13 bits per heavy atom. The first kappa shape index (κ1) is 21.6. The first-order valence-electron chi connectivity index (χ1n) is 9.46. The highest BCUT2D eigenvalue weighted by atomic mass is 32.2. The lowest BCUT2D eigenvalue weighted by Gasteiger charge is -2.16. The van der Waals surface area contributed by atoms with Gasteiger partial charge in [-0.2, -0.15) is 5.10 Å². The molecule has 0 fully saturated rings. The maximum absolute atomic E-state index is 5.62. The zero-order valence-corrected chi connectivity index (χ0v) is 20.4. The van der Waals surface area contributed by atoms with Crippen LogP contribution in [0.5, 0.6) is 0 Å². The van der Waals surface area contributed by atoms with Crippen LogP contribution in [0.15, 0.2) is 57.8 Å². The van der Waals surface area contributed by atoms with Crippen LogP contribution in [-0.4, -0.2) is 37.5 Å². The summed E-state index contributed by atoms with van der Waals surface area (Å²) in [4.78, 5) is 8.20. The smallest absolute Gasteiger partial charge is 0.198 e. The normalized spacial score (nSPS) is 11.6. The lowest BCUT2D eigenvalue weighted by molar-refractivity contribution is 0.243. The van der Waals surface area contributed by atoms with Gasteiger partial charge in [-0.25, -0.2) is 9.67 Å². The molecule has 156 valence electrons. The number of hydrogen-bond donors (Lipinski definition) is 0. The zero-order chi connectivity index (χ0) is 21.1. The molecular formula is C21H23N5S4. The minimum atomic E-state index is 0.656. The van der Waals surface area contributed by atoms with Crippen LogP contribution in [0.1, 0.15) is 11.4 Å². The highest BCUT2D eigenvalue weighted by Gasteiger charge is 2.12. The average Bonchev–Trinajstić information content (AvgIpc) is 3.28. The first-order chi connectivity index (χ1) is 14.5. The van der Waals surface area contributed by atoms with E-state index in [1.54, 1.807) is 34.9 Å². The number of para-hydroxylation sites is 1. The molecule has 0 aliphatic rings. The van der Waals surface area contributed by atoms with E-state index in [4.69, 9.17) is 22.3 Å². The van der Waals surface area contributed by atoms with Gasteiger partial charge < -0.3 is 4.57 Å². The number of aromatic nitrogens is 4. The Kier molecular flexibility index (Phi) is 6.94. The van der Waals surface area contributed by atoms with Gasteiger partial charge >= 0.3 is 0 Å². The fourth-order valence-corrected chi connectivity index (χ4v) is 5.77. The third kappa shape index (κ3) is 4.97. The molecule has 5 nitrogen and oxygen atoms in total. The van der Waals surface area contributed by atoms with E-state index in [1.807, 2.05) is 28.4 Å². The maximum atomic E-state index is 5.62. The average molecular weight is 474 g/mol. The molecule has 30 heavy (non-hydrogen) atoms. The minimum absolute atomic E-state index is 0.656. The molecular weight excluding hydrogens is 451 g/mol. The van der Waals surface area contributed by atoms with E-state index < -0.39 is 0 Å². The van der Waals surface area contributed by atoms with E-state index in [0.29, 0.717) is 6.67 Å². The van der Waals surface area contributed by atoms with Gasteiger partial charge in [-0.15, -0.1) is 23.1 Å². The Hall–Kier alpha value is -1.65. The Balaban J connectivity index is 1.40. The van der Waals surface area contributed by atoms with E-state index in [1.165, 1.54) is 15.2 Å². The van der Waals surface area contributed by atoms with Crippen molar-refractivity contribution in [3.05, 3.63) is 64.7 Å². The summed E-state index contributed by atoms with van der Waals surface area (Å²) in [7, 11) is 4.08. The van der Waals surface area contributed by atoms with Crippen molar-refractivity contribution < 1.29 is 0 Å². The van der Waals surface area contributed by atoms with Crippen LogP contribution in [0.2, 0.25) is 0 Å². The first-order valence-corrected chi connectivity index (χ1v) is 12.9. The summed E-state index contributed by atoms with van der Waals surface area (Å²) < 4.78 is 6.91. The Labute approximate surface area is 194 Å². The highest BCUT2D eigenvalue weighted by Crippen LogP contribution is 2.31. The molecule has 0 radical (unpaired) electrons. The summed E-state index contributed by atoms with van der Waals surface area (Å²) in [6, 6.07) is 16.9. The van der Waals surface area contributed by atoms with Crippen molar-refractivity contribution in [1.82, 2.24) is 24.2 Å². The van der Waals surface area contributed by atoms with Crippen molar-refractivity contribution >= 4 is 57.3 Å². The predicted molar refractivity (Wildman–Crippen MR) is 131 cm³/mol. The highest BCUT2D eigenvalue weighted by molar-refractivity contribution is 8.00. The molecule has 0 atom stereocenters. The summed E-state index contributed by atoms with van der Waals surface area (Å²) in [5, 5.41) is 4.77. The minimum Gasteiger partial charge on any atom is -0.306 e. The van der Waals surface area contributed by atoms with E-state index in [-0.39, 0.29) is 0 Å². The quantitative estimate of drug-likeness (QED) is 0.243. The van der Waals surface area contributed by atoms with Gasteiger partial charge in [-0.1, -0.05) is 36.0 Å². The maximum Gasteiger partial charge on any atom is 0.198 e. The molecule has 4 rings (SSSR count). The van der Waals surface area contributed by atoms with Crippen molar-refractivity contribution in [3.8, 4) is 0 Å². The fourth-order valence-electron chi connectivity index (χ4n) is 3.11. The second-order valence-corrected chi connectivity index (χ2v) is 10.5. The van der Waals surface area contributed by atoms with E-state index in [2.05, 4.69) is 54.6 Å². The van der Waals surface area contributed by atoms with Crippen LogP contribution < -0.4 is 0 Å². The summed E-state index contributed by atoms with van der Waals surface area (Å²) in [6.07, 6.45) is 2.09. The molecule has 0 saturated carbocycles. The molecule has 4 aromatic rings. The van der Waals surface area contributed by atoms with Crippen molar-refractivity contribution in [2.24, 2.45) is 7.05 Å². The number of nitrogens with zero attached hydrogens (tertiary/aromatic N) is 5. The van der Waals surface area contributed by atoms with Crippen LogP contribution in [0, 0.1) is 4.77 Å². The molecule has 0 N–H and O–H groups in total. The Morgan fingerprint density at radius 3 is 2.63 bits per heavy atom. The van der Waals surface area contributed by atoms with Crippen LogP contribution in [0.3, 0.4) is 0 Å². The van der Waals surface area contributed by atoms with Crippen LogP contribution in [-0.2, 0) is 26.0 Å². The topological polar surface area (TPSA) is 38.9 Å². The van der Waals surface area contributed by atoms with Crippen molar-refractivity contribution in [2.75, 3.05) is 13.3 Å². The second kappa shape index (κ2) is 9.65. The lowest BCUT2D eigenvalue weighted by Crippen LogP contribution is -2.22. The Morgan fingerprint density at radius 2 is 1.90 bits per heavy atom. The van der Waals surface area contributed by atoms with Crippen molar-refractivity contribution in [2.45, 2.75) is 28.2 Å². The Bertz CT molecular complexity index is 1160. The SMILES string of the molecule is CSc1ccc(CN(C)Cn2nc(CSc3nc4ccccc4s3)n(C)c2=S)cc1. The van der Waals surface area contributed by atoms with Gasteiger partial charge in [0.25, 0.3) is 0 Å². The van der Waals surface area contributed by atoms with Gasteiger partial charge in [0.1, 0.15) is 5.82 Å². The molecule has 0 spiro atoms. The monoisotopic (exact) mass is 473 g/mol. The van der Waals surface area contributed by atoms with Crippen LogP contribution in [0.4, 0.5) is 0 Å². The molecule has 0 unspecified atom stereocenters. The molecule has 9 heteroatoms. The third-order valence-corrected chi connectivity index (χ3v) is 8.12. The molecule has 2 aromatic heterocycles. The van der Waals surface area contributed by atoms with E-state index >= 15 is 0 Å². The molecule has 2 heterocycles. The summed E-state index contributed by atoms with van der Waals surface area (Å²) in [6.45, 7) is 1.51. The van der Waals surface area contributed by atoms with Gasteiger partial charge in [0.2, 0.25) is 0 Å². The zero-order valence-electron chi connectivity index (χ0n) is 17.1. The van der Waals surface area contributed by atoms with E-state index in [0.717, 1.165) is 32.7 Å². The van der Waals surface area contributed by atoms with Crippen molar-refractivity contribution in [3.63, 3.8) is 0 Å².